The largest absolute Gasteiger partial charge is 0.495 e. The Morgan fingerprint density at radius 3 is 2.69 bits per heavy atom. The topological polar surface area (TPSA) is 46.5 Å². The van der Waals surface area contributed by atoms with Gasteiger partial charge in [0.15, 0.2) is 0 Å². The molecule has 1 aromatic carbocycles. The molecule has 0 spiro atoms. The van der Waals surface area contributed by atoms with Gasteiger partial charge in [-0.25, -0.2) is 4.79 Å². The number of aliphatic carboxylic acids is 1. The summed E-state index contributed by atoms with van der Waals surface area (Å²) in [5.74, 6) is -5.71. The fraction of sp³-hybridized carbons (Fsp3) is 0.300. The first-order chi connectivity index (χ1) is 7.36. The van der Waals surface area contributed by atoms with E-state index in [1.54, 1.807) is 0 Å². The van der Waals surface area contributed by atoms with E-state index in [9.17, 15) is 13.6 Å². The molecule has 1 N–H and O–H groups in total. The Morgan fingerprint density at radius 1 is 1.56 bits per heavy atom. The number of halogens is 3. The number of hydrogen-bond acceptors (Lipinski definition) is 2. The number of carboxylic acid groups (broad SMARTS) is 1. The van der Waals surface area contributed by atoms with Crippen LogP contribution in [0.4, 0.5) is 8.78 Å². The maximum Gasteiger partial charge on any atom is 0.374 e. The lowest BCUT2D eigenvalue weighted by atomic mass is 10.1. The van der Waals surface area contributed by atoms with Crippen molar-refractivity contribution in [3.05, 3.63) is 28.8 Å². The number of carbonyl (C=O) groups is 1. The molecule has 0 saturated heterocycles. The van der Waals surface area contributed by atoms with E-state index in [4.69, 9.17) is 21.4 Å². The van der Waals surface area contributed by atoms with Crippen molar-refractivity contribution in [3.63, 3.8) is 0 Å². The van der Waals surface area contributed by atoms with Crippen LogP contribution >= 0.6 is 11.6 Å². The van der Waals surface area contributed by atoms with Gasteiger partial charge >= 0.3 is 11.9 Å². The average Bonchev–Trinajstić information content (AvgIpc) is 2.20. The summed E-state index contributed by atoms with van der Waals surface area (Å²) >= 11 is 5.70. The molecule has 1 aromatic rings. The van der Waals surface area contributed by atoms with E-state index in [1.165, 1.54) is 25.3 Å². The second kappa shape index (κ2) is 4.65. The molecule has 0 aliphatic heterocycles. The molecule has 0 amide bonds. The molecular formula is C10H9ClF2O3. The standard InChI is InChI=1S/C10H9ClF2O3/c1-16-8-4-6(2-3-7(8)11)5-10(12,13)9(14)15/h2-4H,5H2,1H3,(H,14,15). The monoisotopic (exact) mass is 250 g/mol. The van der Waals surface area contributed by atoms with Gasteiger partial charge in [-0.15, -0.1) is 0 Å². The summed E-state index contributed by atoms with van der Waals surface area (Å²) < 4.78 is 30.6. The summed E-state index contributed by atoms with van der Waals surface area (Å²) in [5, 5.41) is 8.56. The van der Waals surface area contributed by atoms with Crippen LogP contribution in [0, 0.1) is 0 Å². The highest BCUT2D eigenvalue weighted by Gasteiger charge is 2.38. The Bertz CT molecular complexity index is 407. The number of carboxylic acids is 1. The molecule has 0 saturated carbocycles. The molecule has 88 valence electrons. The Balaban J connectivity index is 2.94. The van der Waals surface area contributed by atoms with Crippen molar-refractivity contribution in [2.45, 2.75) is 12.3 Å². The number of hydrogen-bond donors (Lipinski definition) is 1. The van der Waals surface area contributed by atoms with Gasteiger partial charge in [-0.2, -0.15) is 8.78 Å². The van der Waals surface area contributed by atoms with Crippen molar-refractivity contribution in [3.8, 4) is 5.75 Å². The maximum absolute atomic E-state index is 12.9. The summed E-state index contributed by atoms with van der Waals surface area (Å²) in [6.07, 6.45) is -0.893. The van der Waals surface area contributed by atoms with E-state index in [0.717, 1.165) is 0 Å². The fourth-order valence-corrected chi connectivity index (χ4v) is 1.34. The number of benzene rings is 1. The summed E-state index contributed by atoms with van der Waals surface area (Å²) in [7, 11) is 1.35. The highest BCUT2D eigenvalue weighted by molar-refractivity contribution is 6.32. The van der Waals surface area contributed by atoms with Crippen molar-refractivity contribution < 1.29 is 23.4 Å². The number of methoxy groups -OCH3 is 1. The molecule has 0 aliphatic carbocycles. The van der Waals surface area contributed by atoms with Gasteiger partial charge in [0.05, 0.1) is 12.1 Å². The lowest BCUT2D eigenvalue weighted by Crippen LogP contribution is -2.30. The Hall–Kier alpha value is -1.36. The second-order valence-corrected chi connectivity index (χ2v) is 3.56. The second-order valence-electron chi connectivity index (χ2n) is 3.16. The van der Waals surface area contributed by atoms with Crippen LogP contribution in [0.25, 0.3) is 0 Å². The minimum Gasteiger partial charge on any atom is -0.495 e. The third-order valence-corrected chi connectivity index (χ3v) is 2.27. The molecule has 0 fully saturated rings. The molecule has 0 aliphatic rings. The predicted octanol–water partition coefficient (Wildman–Crippen LogP) is 2.61. The van der Waals surface area contributed by atoms with Crippen LogP contribution in [0.3, 0.4) is 0 Å². The maximum atomic E-state index is 12.9. The zero-order valence-electron chi connectivity index (χ0n) is 8.34. The molecule has 1 rings (SSSR count). The van der Waals surface area contributed by atoms with Crippen LogP contribution < -0.4 is 4.74 Å². The molecular weight excluding hydrogens is 242 g/mol. The molecule has 3 nitrogen and oxygen atoms in total. The Morgan fingerprint density at radius 2 is 2.19 bits per heavy atom. The van der Waals surface area contributed by atoms with Gasteiger partial charge < -0.3 is 9.84 Å². The smallest absolute Gasteiger partial charge is 0.374 e. The molecule has 0 radical (unpaired) electrons. The minimum absolute atomic E-state index is 0.147. The van der Waals surface area contributed by atoms with Crippen molar-refractivity contribution in [2.75, 3.05) is 7.11 Å². The molecule has 6 heteroatoms. The zero-order valence-corrected chi connectivity index (χ0v) is 9.09. The highest BCUT2D eigenvalue weighted by Crippen LogP contribution is 2.28. The predicted molar refractivity (Wildman–Crippen MR) is 54.3 cm³/mol. The average molecular weight is 251 g/mol. The molecule has 0 heterocycles. The van der Waals surface area contributed by atoms with Crippen LogP contribution in [0.15, 0.2) is 18.2 Å². The third-order valence-electron chi connectivity index (χ3n) is 1.95. The van der Waals surface area contributed by atoms with Crippen molar-refractivity contribution in [1.29, 1.82) is 0 Å². The summed E-state index contributed by atoms with van der Waals surface area (Å²) in [6.45, 7) is 0. The minimum atomic E-state index is -3.79. The summed E-state index contributed by atoms with van der Waals surface area (Å²) in [5.41, 5.74) is 0.147. The fourth-order valence-electron chi connectivity index (χ4n) is 1.15. The van der Waals surface area contributed by atoms with Gasteiger partial charge in [-0.05, 0) is 17.7 Å². The van der Waals surface area contributed by atoms with Gasteiger partial charge in [0.1, 0.15) is 5.75 Å². The Labute approximate surface area is 95.6 Å². The SMILES string of the molecule is COc1cc(CC(F)(F)C(=O)O)ccc1Cl. The Kier molecular flexibility index (Phi) is 3.70. The van der Waals surface area contributed by atoms with E-state index in [1.807, 2.05) is 0 Å². The van der Waals surface area contributed by atoms with Gasteiger partial charge in [0.25, 0.3) is 0 Å². The first-order valence-corrected chi connectivity index (χ1v) is 4.68. The van der Waals surface area contributed by atoms with Crippen molar-refractivity contribution in [2.24, 2.45) is 0 Å². The highest BCUT2D eigenvalue weighted by atomic mass is 35.5. The lowest BCUT2D eigenvalue weighted by Gasteiger charge is -2.12. The molecule has 0 bridgehead atoms. The lowest BCUT2D eigenvalue weighted by molar-refractivity contribution is -0.164. The van der Waals surface area contributed by atoms with Crippen molar-refractivity contribution >= 4 is 17.6 Å². The van der Waals surface area contributed by atoms with Crippen LogP contribution in [-0.4, -0.2) is 24.1 Å². The number of alkyl halides is 2. The summed E-state index contributed by atoms with van der Waals surface area (Å²) in [4.78, 5) is 10.2. The first-order valence-electron chi connectivity index (χ1n) is 4.30. The zero-order chi connectivity index (χ0) is 12.3. The van der Waals surface area contributed by atoms with Gasteiger partial charge in [-0.3, -0.25) is 0 Å². The van der Waals surface area contributed by atoms with Crippen molar-refractivity contribution in [1.82, 2.24) is 0 Å². The normalized spacial score (nSPS) is 11.2. The van der Waals surface area contributed by atoms with Gasteiger partial charge in [-0.1, -0.05) is 17.7 Å². The first kappa shape index (κ1) is 12.7. The molecule has 0 aromatic heterocycles. The molecule has 0 unspecified atom stereocenters. The van der Waals surface area contributed by atoms with E-state index in [2.05, 4.69) is 0 Å². The van der Waals surface area contributed by atoms with Gasteiger partial charge in [0.2, 0.25) is 0 Å². The number of rotatable bonds is 4. The van der Waals surface area contributed by atoms with E-state index in [0.29, 0.717) is 0 Å². The van der Waals surface area contributed by atoms with E-state index in [-0.39, 0.29) is 16.3 Å². The molecule has 16 heavy (non-hydrogen) atoms. The number of ether oxygens (including phenoxy) is 1. The van der Waals surface area contributed by atoms with Gasteiger partial charge in [0, 0.05) is 6.42 Å². The third kappa shape index (κ3) is 2.82. The summed E-state index contributed by atoms with van der Waals surface area (Å²) in [6, 6.07) is 4.01. The van der Waals surface area contributed by atoms with E-state index >= 15 is 0 Å². The van der Waals surface area contributed by atoms with Crippen LogP contribution in [0.2, 0.25) is 5.02 Å². The van der Waals surface area contributed by atoms with Crippen LogP contribution in [-0.2, 0) is 11.2 Å². The van der Waals surface area contributed by atoms with E-state index < -0.39 is 18.3 Å². The van der Waals surface area contributed by atoms with Crippen LogP contribution in [0.1, 0.15) is 5.56 Å². The molecule has 0 atom stereocenters. The van der Waals surface area contributed by atoms with Crippen LogP contribution in [0.5, 0.6) is 5.75 Å². The quantitative estimate of drug-likeness (QED) is 0.894.